The molecule has 1 N–H and O–H groups in total. The Kier molecular flexibility index (Phi) is 5.94. The third-order valence-electron chi connectivity index (χ3n) is 3.00. The van der Waals surface area contributed by atoms with Crippen molar-refractivity contribution in [1.29, 1.82) is 0 Å². The van der Waals surface area contributed by atoms with E-state index >= 15 is 0 Å². The number of rotatable bonds is 5. The SMILES string of the molecule is CC(C)(C)CNC(=O)CCc1cccc(CC(C)(C)C)n1. The number of hydrogen-bond acceptors (Lipinski definition) is 2. The molecule has 0 aliphatic carbocycles. The van der Waals surface area contributed by atoms with Crippen LogP contribution in [0.1, 0.15) is 59.4 Å². The number of pyridine rings is 1. The zero-order valence-corrected chi connectivity index (χ0v) is 14.4. The van der Waals surface area contributed by atoms with E-state index in [0.29, 0.717) is 19.4 Å². The number of nitrogens with zero attached hydrogens (tertiary/aromatic N) is 1. The van der Waals surface area contributed by atoms with Crippen molar-refractivity contribution in [2.75, 3.05) is 6.54 Å². The number of aromatic nitrogens is 1. The van der Waals surface area contributed by atoms with Crippen molar-refractivity contribution in [3.63, 3.8) is 0 Å². The van der Waals surface area contributed by atoms with E-state index in [-0.39, 0.29) is 16.7 Å². The molecule has 0 radical (unpaired) electrons. The largest absolute Gasteiger partial charge is 0.356 e. The fourth-order valence-corrected chi connectivity index (χ4v) is 2.00. The first kappa shape index (κ1) is 17.7. The summed E-state index contributed by atoms with van der Waals surface area (Å²) >= 11 is 0. The second kappa shape index (κ2) is 7.06. The van der Waals surface area contributed by atoms with Crippen molar-refractivity contribution in [3.8, 4) is 0 Å². The summed E-state index contributed by atoms with van der Waals surface area (Å²) in [6, 6.07) is 6.11. The first-order valence-electron chi connectivity index (χ1n) is 7.77. The molecule has 0 saturated carbocycles. The smallest absolute Gasteiger partial charge is 0.220 e. The maximum Gasteiger partial charge on any atom is 0.220 e. The van der Waals surface area contributed by atoms with Gasteiger partial charge >= 0.3 is 0 Å². The maximum absolute atomic E-state index is 11.8. The average Bonchev–Trinajstić information content (AvgIpc) is 2.31. The van der Waals surface area contributed by atoms with Gasteiger partial charge in [0.15, 0.2) is 0 Å². The lowest BCUT2D eigenvalue weighted by Crippen LogP contribution is -2.32. The number of carbonyl (C=O) groups excluding carboxylic acids is 1. The van der Waals surface area contributed by atoms with Crippen molar-refractivity contribution in [1.82, 2.24) is 10.3 Å². The van der Waals surface area contributed by atoms with E-state index in [9.17, 15) is 4.79 Å². The topological polar surface area (TPSA) is 42.0 Å². The first-order valence-corrected chi connectivity index (χ1v) is 7.77. The van der Waals surface area contributed by atoms with Gasteiger partial charge in [-0.25, -0.2) is 0 Å². The zero-order chi connectivity index (χ0) is 16.1. The Bertz CT molecular complexity index is 467. The summed E-state index contributed by atoms with van der Waals surface area (Å²) in [6.07, 6.45) is 2.16. The van der Waals surface area contributed by atoms with Crippen molar-refractivity contribution in [2.45, 2.75) is 60.8 Å². The van der Waals surface area contributed by atoms with E-state index in [1.165, 1.54) is 0 Å². The van der Waals surface area contributed by atoms with Crippen molar-refractivity contribution < 1.29 is 4.79 Å². The Morgan fingerprint density at radius 1 is 1.05 bits per heavy atom. The molecule has 0 aliphatic rings. The average molecular weight is 290 g/mol. The molecule has 3 heteroatoms. The number of carbonyl (C=O) groups is 1. The molecule has 21 heavy (non-hydrogen) atoms. The highest BCUT2D eigenvalue weighted by atomic mass is 16.1. The Morgan fingerprint density at radius 2 is 1.67 bits per heavy atom. The molecule has 1 heterocycles. The number of hydrogen-bond donors (Lipinski definition) is 1. The highest BCUT2D eigenvalue weighted by Gasteiger charge is 2.14. The predicted molar refractivity (Wildman–Crippen MR) is 88.2 cm³/mol. The standard InChI is InChI=1S/C18H30N2O/c1-17(2,3)12-15-9-7-8-14(20-15)10-11-16(21)19-13-18(4,5)6/h7-9H,10-13H2,1-6H3,(H,19,21). The summed E-state index contributed by atoms with van der Waals surface area (Å²) in [5, 5.41) is 2.98. The minimum atomic E-state index is 0.105. The Labute approximate surface area is 129 Å². The molecule has 0 spiro atoms. The van der Waals surface area contributed by atoms with Crippen LogP contribution in [0.25, 0.3) is 0 Å². The summed E-state index contributed by atoms with van der Waals surface area (Å²) < 4.78 is 0. The number of nitrogens with one attached hydrogen (secondary N) is 1. The molecule has 3 nitrogen and oxygen atoms in total. The summed E-state index contributed by atoms with van der Waals surface area (Å²) in [4.78, 5) is 16.5. The van der Waals surface area contributed by atoms with Gasteiger partial charge in [0.1, 0.15) is 0 Å². The lowest BCUT2D eigenvalue weighted by atomic mass is 9.90. The monoisotopic (exact) mass is 290 g/mol. The Morgan fingerprint density at radius 3 is 2.24 bits per heavy atom. The molecule has 1 amide bonds. The molecule has 1 rings (SSSR count). The fourth-order valence-electron chi connectivity index (χ4n) is 2.00. The molecular formula is C18H30N2O. The molecule has 1 aromatic heterocycles. The third kappa shape index (κ3) is 8.49. The lowest BCUT2D eigenvalue weighted by Gasteiger charge is -2.19. The molecule has 0 unspecified atom stereocenters. The van der Waals surface area contributed by atoms with E-state index < -0.39 is 0 Å². The normalized spacial score (nSPS) is 12.3. The quantitative estimate of drug-likeness (QED) is 0.897. The van der Waals surface area contributed by atoms with E-state index in [1.54, 1.807) is 0 Å². The first-order chi connectivity index (χ1) is 9.55. The second-order valence-electron chi connectivity index (χ2n) is 8.20. The Balaban J connectivity index is 2.48. The predicted octanol–water partition coefficient (Wildman–Crippen LogP) is 3.77. The van der Waals surface area contributed by atoms with Crippen LogP contribution >= 0.6 is 0 Å². The van der Waals surface area contributed by atoms with Gasteiger partial charge in [0.25, 0.3) is 0 Å². The number of aryl methyl sites for hydroxylation is 1. The van der Waals surface area contributed by atoms with Crippen LogP contribution in [0.2, 0.25) is 0 Å². The van der Waals surface area contributed by atoms with Crippen LogP contribution in [0, 0.1) is 10.8 Å². The van der Waals surface area contributed by atoms with Crippen LogP contribution in [0.4, 0.5) is 0 Å². The second-order valence-corrected chi connectivity index (χ2v) is 8.20. The van der Waals surface area contributed by atoms with Gasteiger partial charge in [-0.2, -0.15) is 0 Å². The molecule has 0 bridgehead atoms. The van der Waals surface area contributed by atoms with E-state index in [1.807, 2.05) is 12.1 Å². The van der Waals surface area contributed by atoms with Crippen molar-refractivity contribution in [2.24, 2.45) is 10.8 Å². The summed E-state index contributed by atoms with van der Waals surface area (Å²) in [5.41, 5.74) is 2.47. The molecular weight excluding hydrogens is 260 g/mol. The van der Waals surface area contributed by atoms with Crippen LogP contribution in [0.15, 0.2) is 18.2 Å². The van der Waals surface area contributed by atoms with E-state index in [0.717, 1.165) is 17.8 Å². The van der Waals surface area contributed by atoms with E-state index in [4.69, 9.17) is 0 Å². The van der Waals surface area contributed by atoms with Gasteiger partial charge in [-0.05, 0) is 35.8 Å². The molecule has 1 aromatic rings. The third-order valence-corrected chi connectivity index (χ3v) is 3.00. The van der Waals surface area contributed by atoms with Gasteiger partial charge in [-0.1, -0.05) is 47.6 Å². The molecule has 0 fully saturated rings. The van der Waals surface area contributed by atoms with Crippen LogP contribution in [-0.2, 0) is 17.6 Å². The van der Waals surface area contributed by atoms with Crippen LogP contribution in [-0.4, -0.2) is 17.4 Å². The van der Waals surface area contributed by atoms with Crippen LogP contribution in [0.3, 0.4) is 0 Å². The molecule has 0 aliphatic heterocycles. The number of amides is 1. The molecule has 0 saturated heterocycles. The lowest BCUT2D eigenvalue weighted by molar-refractivity contribution is -0.121. The van der Waals surface area contributed by atoms with Gasteiger partial charge in [0.05, 0.1) is 0 Å². The summed E-state index contributed by atoms with van der Waals surface area (Å²) in [5.74, 6) is 0.105. The molecule has 0 atom stereocenters. The maximum atomic E-state index is 11.8. The van der Waals surface area contributed by atoms with Gasteiger partial charge in [-0.15, -0.1) is 0 Å². The van der Waals surface area contributed by atoms with Crippen LogP contribution in [0.5, 0.6) is 0 Å². The minimum absolute atomic E-state index is 0.105. The minimum Gasteiger partial charge on any atom is -0.356 e. The molecule has 118 valence electrons. The van der Waals surface area contributed by atoms with Gasteiger partial charge < -0.3 is 5.32 Å². The zero-order valence-electron chi connectivity index (χ0n) is 14.4. The van der Waals surface area contributed by atoms with Crippen molar-refractivity contribution >= 4 is 5.91 Å². The Hall–Kier alpha value is -1.38. The molecule has 0 aromatic carbocycles. The van der Waals surface area contributed by atoms with Gasteiger partial charge in [0.2, 0.25) is 5.91 Å². The summed E-state index contributed by atoms with van der Waals surface area (Å²) in [6.45, 7) is 13.7. The summed E-state index contributed by atoms with van der Waals surface area (Å²) in [7, 11) is 0. The fraction of sp³-hybridized carbons (Fsp3) is 0.667. The highest BCUT2D eigenvalue weighted by Crippen LogP contribution is 2.19. The van der Waals surface area contributed by atoms with Crippen LogP contribution < -0.4 is 5.32 Å². The van der Waals surface area contributed by atoms with Gasteiger partial charge in [0, 0.05) is 24.4 Å². The highest BCUT2D eigenvalue weighted by molar-refractivity contribution is 5.76. The van der Waals surface area contributed by atoms with Gasteiger partial charge in [-0.3, -0.25) is 9.78 Å². The van der Waals surface area contributed by atoms with Crippen molar-refractivity contribution in [3.05, 3.63) is 29.6 Å². The van der Waals surface area contributed by atoms with E-state index in [2.05, 4.69) is 57.9 Å².